The maximum atomic E-state index is 4.30. The molecular formula is C13H22BrN3S. The Morgan fingerprint density at radius 2 is 2.28 bits per heavy atom. The van der Waals surface area contributed by atoms with Crippen LogP contribution in [0.2, 0.25) is 0 Å². The van der Waals surface area contributed by atoms with Gasteiger partial charge in [-0.3, -0.25) is 4.99 Å². The molecule has 0 bridgehead atoms. The van der Waals surface area contributed by atoms with E-state index in [-0.39, 0.29) is 0 Å². The zero-order valence-electron chi connectivity index (χ0n) is 11.4. The summed E-state index contributed by atoms with van der Waals surface area (Å²) in [5.74, 6) is 0.985. The zero-order chi connectivity index (χ0) is 13.4. The van der Waals surface area contributed by atoms with Gasteiger partial charge >= 0.3 is 0 Å². The molecule has 0 saturated heterocycles. The second-order valence-corrected chi connectivity index (χ2v) is 6.75. The molecule has 102 valence electrons. The van der Waals surface area contributed by atoms with Crippen LogP contribution in [0.25, 0.3) is 0 Å². The largest absolute Gasteiger partial charge is 0.356 e. The van der Waals surface area contributed by atoms with E-state index in [0.717, 1.165) is 25.5 Å². The third-order valence-corrected chi connectivity index (χ3v) is 4.39. The summed E-state index contributed by atoms with van der Waals surface area (Å²) < 4.78 is 1.20. The summed E-state index contributed by atoms with van der Waals surface area (Å²) in [5.41, 5.74) is 0. The quantitative estimate of drug-likeness (QED) is 0.639. The maximum absolute atomic E-state index is 4.30. The van der Waals surface area contributed by atoms with Gasteiger partial charge in [-0.25, -0.2) is 0 Å². The smallest absolute Gasteiger partial charge is 0.193 e. The molecule has 1 rings (SSSR count). The van der Waals surface area contributed by atoms with E-state index in [1.54, 1.807) is 11.3 Å². The van der Waals surface area contributed by atoms with Crippen molar-refractivity contribution in [1.29, 1.82) is 0 Å². The van der Waals surface area contributed by atoms with E-state index in [2.05, 4.69) is 57.2 Å². The molecule has 0 unspecified atom stereocenters. The van der Waals surface area contributed by atoms with Crippen LogP contribution >= 0.6 is 27.3 Å². The van der Waals surface area contributed by atoms with Crippen LogP contribution in [0.5, 0.6) is 0 Å². The Hall–Kier alpha value is -0.550. The number of rotatable bonds is 6. The highest BCUT2D eigenvalue weighted by Crippen LogP contribution is 2.21. The second kappa shape index (κ2) is 8.53. The lowest BCUT2D eigenvalue weighted by Gasteiger charge is -2.21. The van der Waals surface area contributed by atoms with Crippen LogP contribution in [-0.2, 0) is 6.42 Å². The highest BCUT2D eigenvalue weighted by atomic mass is 79.9. The Morgan fingerprint density at radius 1 is 1.50 bits per heavy atom. The molecule has 0 aliphatic carbocycles. The predicted molar refractivity (Wildman–Crippen MR) is 84.6 cm³/mol. The van der Waals surface area contributed by atoms with E-state index in [1.807, 2.05) is 7.05 Å². The summed E-state index contributed by atoms with van der Waals surface area (Å²) in [5, 5.41) is 3.40. The van der Waals surface area contributed by atoms with Crippen molar-refractivity contribution in [3.63, 3.8) is 0 Å². The average molecular weight is 332 g/mol. The van der Waals surface area contributed by atoms with E-state index < -0.39 is 0 Å². The topological polar surface area (TPSA) is 27.6 Å². The number of aliphatic imine (C=N–C) groups is 1. The molecule has 1 aromatic rings. The minimum absolute atomic E-state index is 0.927. The predicted octanol–water partition coefficient (Wildman–Crippen LogP) is 3.36. The number of nitrogens with zero attached hydrogens (tertiary/aromatic N) is 2. The molecule has 0 aromatic carbocycles. The fourth-order valence-electron chi connectivity index (χ4n) is 1.67. The molecule has 0 fully saturated rings. The minimum Gasteiger partial charge on any atom is -0.356 e. The van der Waals surface area contributed by atoms with Crippen molar-refractivity contribution in [2.24, 2.45) is 4.99 Å². The lowest BCUT2D eigenvalue weighted by atomic mass is 10.3. The second-order valence-electron chi connectivity index (χ2n) is 4.20. The molecule has 1 N–H and O–H groups in total. The Morgan fingerprint density at radius 3 is 2.83 bits per heavy atom. The van der Waals surface area contributed by atoms with Gasteiger partial charge in [-0.05, 0) is 40.9 Å². The highest BCUT2D eigenvalue weighted by Gasteiger charge is 2.04. The van der Waals surface area contributed by atoms with Crippen molar-refractivity contribution >= 4 is 33.2 Å². The SMILES string of the molecule is CCCCN(C)C(=NC)NCCc1ccc(Br)s1. The molecular weight excluding hydrogens is 310 g/mol. The fraction of sp³-hybridized carbons (Fsp3) is 0.615. The molecule has 3 nitrogen and oxygen atoms in total. The number of guanidine groups is 1. The van der Waals surface area contributed by atoms with Crippen molar-refractivity contribution < 1.29 is 0 Å². The van der Waals surface area contributed by atoms with Crippen LogP contribution in [-0.4, -0.2) is 38.0 Å². The molecule has 0 saturated carbocycles. The van der Waals surface area contributed by atoms with Gasteiger partial charge < -0.3 is 10.2 Å². The van der Waals surface area contributed by atoms with Gasteiger partial charge in [0.25, 0.3) is 0 Å². The van der Waals surface area contributed by atoms with Crippen LogP contribution in [0.3, 0.4) is 0 Å². The lowest BCUT2D eigenvalue weighted by Crippen LogP contribution is -2.40. The van der Waals surface area contributed by atoms with Gasteiger partial charge in [0.15, 0.2) is 5.96 Å². The van der Waals surface area contributed by atoms with Crippen molar-refractivity contribution in [3.05, 3.63) is 20.8 Å². The third kappa shape index (κ3) is 5.40. The van der Waals surface area contributed by atoms with Crippen LogP contribution in [0, 0.1) is 0 Å². The monoisotopic (exact) mass is 331 g/mol. The normalized spacial score (nSPS) is 11.7. The van der Waals surface area contributed by atoms with Crippen LogP contribution in [0.15, 0.2) is 20.9 Å². The third-order valence-electron chi connectivity index (χ3n) is 2.70. The zero-order valence-corrected chi connectivity index (χ0v) is 13.8. The van der Waals surface area contributed by atoms with Gasteiger partial charge in [0.1, 0.15) is 0 Å². The molecule has 0 aliphatic rings. The number of unbranched alkanes of at least 4 members (excludes halogenated alkanes) is 1. The van der Waals surface area contributed by atoms with Crippen LogP contribution in [0.4, 0.5) is 0 Å². The fourth-order valence-corrected chi connectivity index (χ4v) is 3.15. The molecule has 0 amide bonds. The number of nitrogens with one attached hydrogen (secondary N) is 1. The summed E-state index contributed by atoms with van der Waals surface area (Å²) in [6, 6.07) is 4.27. The molecule has 1 heterocycles. The van der Waals surface area contributed by atoms with Crippen molar-refractivity contribution in [1.82, 2.24) is 10.2 Å². The van der Waals surface area contributed by atoms with E-state index in [4.69, 9.17) is 0 Å². The van der Waals surface area contributed by atoms with E-state index >= 15 is 0 Å². The molecule has 0 atom stereocenters. The van der Waals surface area contributed by atoms with E-state index in [9.17, 15) is 0 Å². The van der Waals surface area contributed by atoms with Gasteiger partial charge in [-0.1, -0.05) is 13.3 Å². The van der Waals surface area contributed by atoms with Gasteiger partial charge in [-0.15, -0.1) is 11.3 Å². The van der Waals surface area contributed by atoms with Crippen molar-refractivity contribution in [2.45, 2.75) is 26.2 Å². The Balaban J connectivity index is 2.31. The van der Waals surface area contributed by atoms with Crippen molar-refractivity contribution in [2.75, 3.05) is 27.2 Å². The molecule has 18 heavy (non-hydrogen) atoms. The molecule has 5 heteroatoms. The first kappa shape index (κ1) is 15.5. The molecule has 0 radical (unpaired) electrons. The highest BCUT2D eigenvalue weighted by molar-refractivity contribution is 9.11. The van der Waals surface area contributed by atoms with Crippen LogP contribution < -0.4 is 5.32 Å². The summed E-state index contributed by atoms with van der Waals surface area (Å²) in [6.45, 7) is 4.19. The Bertz CT molecular complexity index is 376. The first-order valence-electron chi connectivity index (χ1n) is 6.33. The summed E-state index contributed by atoms with van der Waals surface area (Å²) in [6.07, 6.45) is 3.45. The number of hydrogen-bond donors (Lipinski definition) is 1. The Kier molecular flexibility index (Phi) is 7.35. The lowest BCUT2D eigenvalue weighted by molar-refractivity contribution is 0.465. The Labute approximate surface area is 122 Å². The number of halogens is 1. The first-order chi connectivity index (χ1) is 8.67. The standard InChI is InChI=1S/C13H22BrN3S/c1-4-5-10-17(3)13(15-2)16-9-8-11-6-7-12(14)18-11/h6-7H,4-5,8-10H2,1-3H3,(H,15,16). The summed E-state index contributed by atoms with van der Waals surface area (Å²) >= 11 is 5.28. The number of hydrogen-bond acceptors (Lipinski definition) is 2. The maximum Gasteiger partial charge on any atom is 0.193 e. The molecule has 0 spiro atoms. The summed E-state index contributed by atoms with van der Waals surface area (Å²) in [4.78, 5) is 7.88. The van der Waals surface area contributed by atoms with E-state index in [1.165, 1.54) is 21.5 Å². The van der Waals surface area contributed by atoms with E-state index in [0.29, 0.717) is 0 Å². The first-order valence-corrected chi connectivity index (χ1v) is 7.94. The number of thiophene rings is 1. The van der Waals surface area contributed by atoms with Gasteiger partial charge in [0, 0.05) is 32.1 Å². The van der Waals surface area contributed by atoms with Crippen molar-refractivity contribution in [3.8, 4) is 0 Å². The van der Waals surface area contributed by atoms with Crippen LogP contribution in [0.1, 0.15) is 24.6 Å². The minimum atomic E-state index is 0.927. The molecule has 0 aliphatic heterocycles. The average Bonchev–Trinajstić information content (AvgIpc) is 2.77. The summed E-state index contributed by atoms with van der Waals surface area (Å²) in [7, 11) is 3.93. The van der Waals surface area contributed by atoms with Gasteiger partial charge in [0.05, 0.1) is 3.79 Å². The van der Waals surface area contributed by atoms with Gasteiger partial charge in [0.2, 0.25) is 0 Å². The van der Waals surface area contributed by atoms with Gasteiger partial charge in [-0.2, -0.15) is 0 Å². The molecule has 1 aromatic heterocycles.